The molecule has 0 aromatic rings. The summed E-state index contributed by atoms with van der Waals surface area (Å²) in [6.07, 6.45) is 5.38. The highest BCUT2D eigenvalue weighted by Gasteiger charge is 2.01. The van der Waals surface area contributed by atoms with Crippen molar-refractivity contribution in [3.63, 3.8) is 0 Å². The first-order chi connectivity index (χ1) is 9.20. The number of rotatable bonds is 11. The highest BCUT2D eigenvalue weighted by Crippen LogP contribution is 2.05. The largest absolute Gasteiger partial charge is 0.359 e. The molecule has 0 atom stereocenters. The summed E-state index contributed by atoms with van der Waals surface area (Å²) in [7, 11) is 1.63. The van der Waals surface area contributed by atoms with Crippen molar-refractivity contribution in [3.05, 3.63) is 10.4 Å². The Morgan fingerprint density at radius 1 is 1.05 bits per heavy atom. The van der Waals surface area contributed by atoms with Gasteiger partial charge in [-0.15, -0.1) is 0 Å². The molecule has 0 saturated carbocycles. The smallest absolute Gasteiger partial charge is 0.219 e. The van der Waals surface area contributed by atoms with Crippen LogP contribution in [0.15, 0.2) is 5.11 Å². The maximum absolute atomic E-state index is 11.4. The van der Waals surface area contributed by atoms with Crippen molar-refractivity contribution in [1.82, 2.24) is 10.6 Å². The molecule has 0 saturated heterocycles. The van der Waals surface area contributed by atoms with E-state index in [2.05, 4.69) is 20.7 Å². The average Bonchev–Trinajstić information content (AvgIpc) is 2.42. The number of azide groups is 1. The van der Waals surface area contributed by atoms with E-state index in [0.717, 1.165) is 25.7 Å². The van der Waals surface area contributed by atoms with Gasteiger partial charge in [0.25, 0.3) is 0 Å². The van der Waals surface area contributed by atoms with Crippen LogP contribution in [0, 0.1) is 0 Å². The fourth-order valence-electron chi connectivity index (χ4n) is 1.56. The monoisotopic (exact) mass is 269 g/mol. The minimum absolute atomic E-state index is 0.0345. The van der Waals surface area contributed by atoms with Gasteiger partial charge in [-0.25, -0.2) is 0 Å². The maximum Gasteiger partial charge on any atom is 0.219 e. The zero-order valence-corrected chi connectivity index (χ0v) is 11.5. The number of carbonyl (C=O) groups excluding carboxylic acids is 2. The zero-order chi connectivity index (χ0) is 14.3. The number of nitrogens with zero attached hydrogens (tertiary/aromatic N) is 3. The quantitative estimate of drug-likeness (QED) is 0.258. The second kappa shape index (κ2) is 12.7. The van der Waals surface area contributed by atoms with Crippen molar-refractivity contribution in [2.45, 2.75) is 44.9 Å². The third-order valence-corrected chi connectivity index (χ3v) is 2.66. The topological polar surface area (TPSA) is 107 Å². The SMILES string of the molecule is CNC(=O)CCCCCCC(=O)NCCCN=[N+]=[N-]. The third kappa shape index (κ3) is 12.5. The molecule has 7 heteroatoms. The molecule has 2 amide bonds. The maximum atomic E-state index is 11.4. The van der Waals surface area contributed by atoms with Gasteiger partial charge in [-0.2, -0.15) is 0 Å². The van der Waals surface area contributed by atoms with Crippen molar-refractivity contribution >= 4 is 11.8 Å². The van der Waals surface area contributed by atoms with Gasteiger partial charge in [-0.1, -0.05) is 18.0 Å². The Morgan fingerprint density at radius 3 is 2.26 bits per heavy atom. The lowest BCUT2D eigenvalue weighted by molar-refractivity contribution is -0.122. The molecule has 2 N–H and O–H groups in total. The predicted octanol–water partition coefficient (Wildman–Crippen LogP) is 1.89. The van der Waals surface area contributed by atoms with Crippen molar-refractivity contribution in [2.75, 3.05) is 20.1 Å². The van der Waals surface area contributed by atoms with E-state index >= 15 is 0 Å². The Kier molecular flexibility index (Phi) is 11.5. The molecular formula is C12H23N5O2. The van der Waals surface area contributed by atoms with E-state index in [1.807, 2.05) is 0 Å². The third-order valence-electron chi connectivity index (χ3n) is 2.66. The van der Waals surface area contributed by atoms with Gasteiger partial charge in [0.1, 0.15) is 0 Å². The highest BCUT2D eigenvalue weighted by atomic mass is 16.2. The molecule has 0 heterocycles. The Bertz CT molecular complexity index is 313. The minimum atomic E-state index is 0.0345. The lowest BCUT2D eigenvalue weighted by Crippen LogP contribution is -2.24. The van der Waals surface area contributed by atoms with Crippen molar-refractivity contribution in [3.8, 4) is 0 Å². The summed E-state index contributed by atoms with van der Waals surface area (Å²) >= 11 is 0. The van der Waals surface area contributed by atoms with Gasteiger partial charge in [0.05, 0.1) is 0 Å². The molecule has 0 aliphatic rings. The second-order valence-electron chi connectivity index (χ2n) is 4.25. The molecule has 0 fully saturated rings. The molecule has 0 aliphatic carbocycles. The first kappa shape index (κ1) is 17.2. The van der Waals surface area contributed by atoms with E-state index in [1.54, 1.807) is 7.05 Å². The lowest BCUT2D eigenvalue weighted by atomic mass is 10.1. The van der Waals surface area contributed by atoms with Crippen LogP contribution in [0.25, 0.3) is 10.4 Å². The lowest BCUT2D eigenvalue weighted by Gasteiger charge is -2.04. The standard InChI is InChI=1S/C12H23N5O2/c1-14-11(18)7-4-2-3-5-8-12(19)15-9-6-10-16-17-13/h2-10H2,1H3,(H,14,18)(H,15,19). The normalized spacial score (nSPS) is 9.53. The second-order valence-corrected chi connectivity index (χ2v) is 4.25. The molecule has 0 spiro atoms. The van der Waals surface area contributed by atoms with E-state index in [1.165, 1.54) is 0 Å². The molecule has 0 radical (unpaired) electrons. The predicted molar refractivity (Wildman–Crippen MR) is 73.4 cm³/mol. The number of hydrogen-bond acceptors (Lipinski definition) is 3. The van der Waals surface area contributed by atoms with Crippen LogP contribution in [-0.4, -0.2) is 32.0 Å². The van der Waals surface area contributed by atoms with Crippen LogP contribution in [-0.2, 0) is 9.59 Å². The summed E-state index contributed by atoms with van der Waals surface area (Å²) in [5, 5.41) is 8.73. The fourth-order valence-corrected chi connectivity index (χ4v) is 1.56. The van der Waals surface area contributed by atoms with Crippen LogP contribution >= 0.6 is 0 Å². The molecule has 108 valence electrons. The van der Waals surface area contributed by atoms with Crippen molar-refractivity contribution in [2.24, 2.45) is 5.11 Å². The summed E-state index contributed by atoms with van der Waals surface area (Å²) in [5.41, 5.74) is 8.06. The molecule has 0 bridgehead atoms. The van der Waals surface area contributed by atoms with Crippen LogP contribution < -0.4 is 10.6 Å². The summed E-state index contributed by atoms with van der Waals surface area (Å²) in [4.78, 5) is 25.0. The van der Waals surface area contributed by atoms with E-state index in [9.17, 15) is 9.59 Å². The molecule has 19 heavy (non-hydrogen) atoms. The number of nitrogens with one attached hydrogen (secondary N) is 2. The zero-order valence-electron chi connectivity index (χ0n) is 11.5. The number of amides is 2. The molecule has 0 aromatic carbocycles. The van der Waals surface area contributed by atoms with Crippen LogP contribution in [0.2, 0.25) is 0 Å². The Balaban J connectivity index is 3.29. The minimum Gasteiger partial charge on any atom is -0.359 e. The summed E-state index contributed by atoms with van der Waals surface area (Å²) in [6.45, 7) is 0.963. The van der Waals surface area contributed by atoms with Gasteiger partial charge in [0.15, 0.2) is 0 Å². The van der Waals surface area contributed by atoms with E-state index < -0.39 is 0 Å². The first-order valence-electron chi connectivity index (χ1n) is 6.69. The number of unbranched alkanes of at least 4 members (excludes halogenated alkanes) is 3. The molecule has 7 nitrogen and oxygen atoms in total. The average molecular weight is 269 g/mol. The van der Waals surface area contributed by atoms with Crippen molar-refractivity contribution < 1.29 is 9.59 Å². The molecule has 0 unspecified atom stereocenters. The molecule has 0 aliphatic heterocycles. The van der Waals surface area contributed by atoms with E-state index in [-0.39, 0.29) is 11.8 Å². The van der Waals surface area contributed by atoms with E-state index in [0.29, 0.717) is 32.4 Å². The summed E-state index contributed by atoms with van der Waals surface area (Å²) < 4.78 is 0. The van der Waals surface area contributed by atoms with Crippen LogP contribution in [0.5, 0.6) is 0 Å². The Hall–Kier alpha value is -1.75. The summed E-state index contributed by atoms with van der Waals surface area (Å²) in [5.74, 6) is 0.102. The number of carbonyl (C=O) groups is 2. The number of hydrogen-bond donors (Lipinski definition) is 2. The van der Waals surface area contributed by atoms with Gasteiger partial charge in [-0.3, -0.25) is 9.59 Å². The van der Waals surface area contributed by atoms with Crippen molar-refractivity contribution in [1.29, 1.82) is 0 Å². The van der Waals surface area contributed by atoms with Gasteiger partial charge < -0.3 is 10.6 Å². The van der Waals surface area contributed by atoms with Gasteiger partial charge in [0, 0.05) is 37.9 Å². The fraction of sp³-hybridized carbons (Fsp3) is 0.833. The van der Waals surface area contributed by atoms with Gasteiger partial charge in [0.2, 0.25) is 11.8 Å². The van der Waals surface area contributed by atoms with Gasteiger partial charge >= 0.3 is 0 Å². The van der Waals surface area contributed by atoms with E-state index in [4.69, 9.17) is 5.53 Å². The highest BCUT2D eigenvalue weighted by molar-refractivity contribution is 5.76. The Morgan fingerprint density at radius 2 is 1.68 bits per heavy atom. The van der Waals surface area contributed by atoms with Crippen LogP contribution in [0.1, 0.15) is 44.9 Å². The molecule has 0 aromatic heterocycles. The molecule has 0 rings (SSSR count). The first-order valence-corrected chi connectivity index (χ1v) is 6.69. The van der Waals surface area contributed by atoms with Crippen LogP contribution in [0.3, 0.4) is 0 Å². The van der Waals surface area contributed by atoms with Crippen LogP contribution in [0.4, 0.5) is 0 Å². The Labute approximate surface area is 113 Å². The summed E-state index contributed by atoms with van der Waals surface area (Å²) in [6, 6.07) is 0. The molecular weight excluding hydrogens is 246 g/mol. The van der Waals surface area contributed by atoms with Gasteiger partial charge in [-0.05, 0) is 24.8 Å².